The fourth-order valence-corrected chi connectivity index (χ4v) is 1.83. The van der Waals surface area contributed by atoms with Gasteiger partial charge in [-0.25, -0.2) is 0 Å². The SMILES string of the molecule is C[C@@H]1SCC[C@@H]1O. The van der Waals surface area contributed by atoms with Crippen molar-refractivity contribution in [2.45, 2.75) is 24.7 Å². The quantitative estimate of drug-likeness (QED) is 0.509. The van der Waals surface area contributed by atoms with Crippen molar-refractivity contribution in [3.05, 3.63) is 0 Å². The molecule has 1 saturated heterocycles. The molecule has 0 aromatic heterocycles. The predicted octanol–water partition coefficient (Wildman–Crippen LogP) is 0.873. The first-order valence-corrected chi connectivity index (χ1v) is 3.65. The van der Waals surface area contributed by atoms with E-state index in [-0.39, 0.29) is 6.10 Å². The molecule has 1 aliphatic heterocycles. The standard InChI is InChI=1S/C5H10OS/c1-4-5(6)2-3-7-4/h4-6H,2-3H2,1H3/t4-,5-/m0/s1. The number of aliphatic hydroxyl groups excluding tert-OH is 1. The van der Waals surface area contributed by atoms with Gasteiger partial charge in [-0.3, -0.25) is 0 Å². The van der Waals surface area contributed by atoms with Gasteiger partial charge in [-0.05, 0) is 12.2 Å². The number of aliphatic hydroxyl groups is 1. The van der Waals surface area contributed by atoms with E-state index >= 15 is 0 Å². The summed E-state index contributed by atoms with van der Waals surface area (Å²) in [5, 5.41) is 9.46. The van der Waals surface area contributed by atoms with Crippen molar-refractivity contribution < 1.29 is 5.11 Å². The average molecular weight is 118 g/mol. The van der Waals surface area contributed by atoms with E-state index in [1.807, 2.05) is 11.8 Å². The summed E-state index contributed by atoms with van der Waals surface area (Å²) >= 11 is 1.86. The maximum absolute atomic E-state index is 8.98. The van der Waals surface area contributed by atoms with Crippen molar-refractivity contribution >= 4 is 11.8 Å². The summed E-state index contributed by atoms with van der Waals surface area (Å²) in [4.78, 5) is 0. The van der Waals surface area contributed by atoms with E-state index in [0.717, 1.165) is 12.2 Å². The normalized spacial score (nSPS) is 42.0. The minimum atomic E-state index is -0.0231. The predicted molar refractivity (Wildman–Crippen MR) is 32.5 cm³/mol. The van der Waals surface area contributed by atoms with Crippen LogP contribution in [-0.4, -0.2) is 22.2 Å². The van der Waals surface area contributed by atoms with E-state index in [4.69, 9.17) is 5.11 Å². The fourth-order valence-electron chi connectivity index (χ4n) is 0.720. The minimum Gasteiger partial charge on any atom is -0.392 e. The van der Waals surface area contributed by atoms with Gasteiger partial charge in [0.25, 0.3) is 0 Å². The first-order chi connectivity index (χ1) is 3.30. The lowest BCUT2D eigenvalue weighted by molar-refractivity contribution is 0.180. The molecule has 1 nitrogen and oxygen atoms in total. The molecule has 0 spiro atoms. The second-order valence-electron chi connectivity index (χ2n) is 1.93. The molecular weight excluding hydrogens is 108 g/mol. The van der Waals surface area contributed by atoms with Crippen LogP contribution in [0.2, 0.25) is 0 Å². The van der Waals surface area contributed by atoms with Crippen LogP contribution in [-0.2, 0) is 0 Å². The van der Waals surface area contributed by atoms with Crippen LogP contribution in [0.15, 0.2) is 0 Å². The molecule has 42 valence electrons. The van der Waals surface area contributed by atoms with E-state index in [9.17, 15) is 0 Å². The van der Waals surface area contributed by atoms with Crippen molar-refractivity contribution in [2.75, 3.05) is 5.75 Å². The molecule has 7 heavy (non-hydrogen) atoms. The van der Waals surface area contributed by atoms with Gasteiger partial charge in [0.1, 0.15) is 0 Å². The Labute approximate surface area is 48.1 Å². The Morgan fingerprint density at radius 3 is 2.57 bits per heavy atom. The van der Waals surface area contributed by atoms with E-state index in [0.29, 0.717) is 5.25 Å². The Morgan fingerprint density at radius 1 is 1.71 bits per heavy atom. The van der Waals surface area contributed by atoms with Crippen LogP contribution >= 0.6 is 11.8 Å². The van der Waals surface area contributed by atoms with Gasteiger partial charge in [-0.15, -0.1) is 0 Å². The van der Waals surface area contributed by atoms with Gasteiger partial charge < -0.3 is 5.11 Å². The van der Waals surface area contributed by atoms with Crippen molar-refractivity contribution in [3.8, 4) is 0 Å². The summed E-state index contributed by atoms with van der Waals surface area (Å²) in [6.45, 7) is 2.07. The van der Waals surface area contributed by atoms with E-state index < -0.39 is 0 Å². The maximum atomic E-state index is 8.98. The molecule has 0 bridgehead atoms. The molecule has 0 unspecified atom stereocenters. The molecule has 0 aromatic carbocycles. The Kier molecular flexibility index (Phi) is 1.60. The molecule has 0 aliphatic carbocycles. The summed E-state index contributed by atoms with van der Waals surface area (Å²) in [7, 11) is 0. The molecule has 1 heterocycles. The van der Waals surface area contributed by atoms with Gasteiger partial charge in [-0.2, -0.15) is 11.8 Å². The first-order valence-electron chi connectivity index (χ1n) is 2.60. The number of hydrogen-bond donors (Lipinski definition) is 1. The van der Waals surface area contributed by atoms with Crippen LogP contribution in [0.1, 0.15) is 13.3 Å². The lowest BCUT2D eigenvalue weighted by Gasteiger charge is -2.03. The molecular formula is C5H10OS. The molecule has 1 fully saturated rings. The molecule has 1 aliphatic rings. The third-order valence-corrected chi connectivity index (χ3v) is 2.65. The van der Waals surface area contributed by atoms with Crippen LogP contribution in [0, 0.1) is 0 Å². The molecule has 1 N–H and O–H groups in total. The molecule has 0 aromatic rings. The highest BCUT2D eigenvalue weighted by atomic mass is 32.2. The van der Waals surface area contributed by atoms with Gasteiger partial charge in [0, 0.05) is 5.25 Å². The molecule has 1 rings (SSSR count). The zero-order valence-electron chi connectivity index (χ0n) is 4.42. The highest BCUT2D eigenvalue weighted by molar-refractivity contribution is 8.00. The summed E-state index contributed by atoms with van der Waals surface area (Å²) in [6.07, 6.45) is 0.969. The number of rotatable bonds is 0. The Balaban J connectivity index is 2.33. The van der Waals surface area contributed by atoms with Crippen LogP contribution in [0.4, 0.5) is 0 Å². The molecule has 2 heteroatoms. The first kappa shape index (κ1) is 5.45. The highest BCUT2D eigenvalue weighted by Crippen LogP contribution is 2.25. The average Bonchev–Trinajstić information content (AvgIpc) is 1.91. The topological polar surface area (TPSA) is 20.2 Å². The minimum absolute atomic E-state index is 0.0231. The van der Waals surface area contributed by atoms with E-state index in [2.05, 4.69) is 6.92 Å². The molecule has 2 atom stereocenters. The Hall–Kier alpha value is 0.310. The van der Waals surface area contributed by atoms with Crippen molar-refractivity contribution in [1.29, 1.82) is 0 Å². The summed E-state index contributed by atoms with van der Waals surface area (Å²) < 4.78 is 0. The lowest BCUT2D eigenvalue weighted by Crippen LogP contribution is -2.11. The second-order valence-corrected chi connectivity index (χ2v) is 3.42. The van der Waals surface area contributed by atoms with Crippen molar-refractivity contribution in [3.63, 3.8) is 0 Å². The van der Waals surface area contributed by atoms with Gasteiger partial charge in [0.15, 0.2) is 0 Å². The Morgan fingerprint density at radius 2 is 2.43 bits per heavy atom. The molecule has 0 saturated carbocycles. The second kappa shape index (κ2) is 2.05. The van der Waals surface area contributed by atoms with Gasteiger partial charge in [0.05, 0.1) is 6.10 Å². The molecule has 0 radical (unpaired) electrons. The monoisotopic (exact) mass is 118 g/mol. The summed E-state index contributed by atoms with van der Waals surface area (Å²) in [5.41, 5.74) is 0. The summed E-state index contributed by atoms with van der Waals surface area (Å²) in [6, 6.07) is 0. The zero-order chi connectivity index (χ0) is 5.28. The third kappa shape index (κ3) is 1.10. The van der Waals surface area contributed by atoms with Crippen molar-refractivity contribution in [1.82, 2.24) is 0 Å². The van der Waals surface area contributed by atoms with E-state index in [1.165, 1.54) is 0 Å². The number of thioether (sulfide) groups is 1. The van der Waals surface area contributed by atoms with Crippen LogP contribution in [0.3, 0.4) is 0 Å². The largest absolute Gasteiger partial charge is 0.392 e. The lowest BCUT2D eigenvalue weighted by atomic mass is 10.2. The summed E-state index contributed by atoms with van der Waals surface area (Å²) in [5.74, 6) is 1.14. The van der Waals surface area contributed by atoms with Crippen LogP contribution in [0.5, 0.6) is 0 Å². The van der Waals surface area contributed by atoms with E-state index in [1.54, 1.807) is 0 Å². The highest BCUT2D eigenvalue weighted by Gasteiger charge is 2.20. The van der Waals surface area contributed by atoms with Crippen molar-refractivity contribution in [2.24, 2.45) is 0 Å². The van der Waals surface area contributed by atoms with Gasteiger partial charge >= 0.3 is 0 Å². The fraction of sp³-hybridized carbons (Fsp3) is 1.00. The van der Waals surface area contributed by atoms with Gasteiger partial charge in [-0.1, -0.05) is 6.92 Å². The Bertz CT molecular complexity index is 57.1. The van der Waals surface area contributed by atoms with Gasteiger partial charge in [0.2, 0.25) is 0 Å². The smallest absolute Gasteiger partial charge is 0.0663 e. The van der Waals surface area contributed by atoms with Crippen LogP contribution in [0.25, 0.3) is 0 Å². The number of hydrogen-bond acceptors (Lipinski definition) is 2. The zero-order valence-corrected chi connectivity index (χ0v) is 5.24. The van der Waals surface area contributed by atoms with Crippen LogP contribution < -0.4 is 0 Å². The maximum Gasteiger partial charge on any atom is 0.0663 e. The third-order valence-electron chi connectivity index (χ3n) is 1.34. The molecule has 0 amide bonds.